The number of hydrogen-bond acceptors (Lipinski definition) is 8. The lowest BCUT2D eigenvalue weighted by atomic mass is 9.90. The van der Waals surface area contributed by atoms with E-state index in [1.807, 2.05) is 12.1 Å². The minimum absolute atomic E-state index is 0.160. The first-order valence-electron chi connectivity index (χ1n) is 9.51. The van der Waals surface area contributed by atoms with E-state index in [4.69, 9.17) is 18.7 Å². The molecule has 150 valence electrons. The van der Waals surface area contributed by atoms with Crippen LogP contribution >= 0.6 is 0 Å². The lowest BCUT2D eigenvalue weighted by Crippen LogP contribution is -2.36. The normalized spacial score (nSPS) is 19.2. The second-order valence-electron chi connectivity index (χ2n) is 7.24. The van der Waals surface area contributed by atoms with Gasteiger partial charge in [0, 0.05) is 18.5 Å². The van der Waals surface area contributed by atoms with Crippen molar-refractivity contribution in [2.75, 3.05) is 27.9 Å². The van der Waals surface area contributed by atoms with Gasteiger partial charge in [-0.25, -0.2) is 0 Å². The molecule has 2 aliphatic rings. The minimum atomic E-state index is -0.262. The van der Waals surface area contributed by atoms with Gasteiger partial charge in [-0.15, -0.1) is 0 Å². The van der Waals surface area contributed by atoms with Gasteiger partial charge in [0.05, 0.1) is 34.3 Å². The van der Waals surface area contributed by atoms with Gasteiger partial charge in [-0.05, 0) is 42.5 Å². The van der Waals surface area contributed by atoms with Crippen LogP contribution in [0.1, 0.15) is 54.1 Å². The number of rotatable bonds is 7. The van der Waals surface area contributed by atoms with E-state index in [1.165, 1.54) is 7.11 Å². The molecule has 0 N–H and O–H groups in total. The average Bonchev–Trinajstić information content (AvgIpc) is 3.47. The molecule has 1 unspecified atom stereocenters. The molecule has 28 heavy (non-hydrogen) atoms. The van der Waals surface area contributed by atoms with Crippen molar-refractivity contribution < 1.29 is 23.5 Å². The molecule has 1 saturated carbocycles. The van der Waals surface area contributed by atoms with Crippen LogP contribution in [0.25, 0.3) is 0 Å². The van der Waals surface area contributed by atoms with Crippen LogP contribution in [-0.2, 0) is 22.5 Å². The molecule has 0 saturated heterocycles. The van der Waals surface area contributed by atoms with E-state index in [0.717, 1.165) is 42.8 Å². The first kappa shape index (κ1) is 18.7. The van der Waals surface area contributed by atoms with Crippen LogP contribution in [0.4, 0.5) is 0 Å². The van der Waals surface area contributed by atoms with Crippen molar-refractivity contribution in [2.45, 2.75) is 44.2 Å². The molecule has 2 heterocycles. The minimum Gasteiger partial charge on any atom is -0.493 e. The molecule has 0 radical (unpaired) electrons. The van der Waals surface area contributed by atoms with Crippen molar-refractivity contribution in [3.63, 3.8) is 0 Å². The number of methoxy groups -OCH3 is 3. The van der Waals surface area contributed by atoms with Gasteiger partial charge in [-0.1, -0.05) is 5.16 Å². The van der Waals surface area contributed by atoms with Crippen LogP contribution in [0, 0.1) is 0 Å². The number of hydrogen-bond donors (Lipinski definition) is 0. The highest BCUT2D eigenvalue weighted by atomic mass is 16.5. The number of esters is 1. The van der Waals surface area contributed by atoms with E-state index in [0.29, 0.717) is 29.9 Å². The summed E-state index contributed by atoms with van der Waals surface area (Å²) in [6.45, 7) is 1.26. The maximum Gasteiger partial charge on any atom is 0.307 e. The van der Waals surface area contributed by atoms with Gasteiger partial charge in [0.15, 0.2) is 17.3 Å². The number of benzene rings is 1. The number of nitrogens with zero attached hydrogens (tertiary/aromatic N) is 3. The van der Waals surface area contributed by atoms with Gasteiger partial charge in [-0.3, -0.25) is 9.69 Å². The third-order valence-electron chi connectivity index (χ3n) is 5.47. The van der Waals surface area contributed by atoms with Crippen LogP contribution in [0.5, 0.6) is 11.5 Å². The molecule has 1 aliphatic heterocycles. The van der Waals surface area contributed by atoms with Crippen molar-refractivity contribution in [1.82, 2.24) is 15.0 Å². The highest BCUT2D eigenvalue weighted by molar-refractivity contribution is 5.70. The van der Waals surface area contributed by atoms with Crippen LogP contribution in [0.3, 0.4) is 0 Å². The number of ether oxygens (including phenoxy) is 3. The van der Waals surface area contributed by atoms with Gasteiger partial charge in [-0.2, -0.15) is 4.98 Å². The Morgan fingerprint density at radius 1 is 1.21 bits per heavy atom. The first-order valence-corrected chi connectivity index (χ1v) is 9.51. The summed E-state index contributed by atoms with van der Waals surface area (Å²) >= 11 is 0. The fourth-order valence-electron chi connectivity index (χ4n) is 3.76. The quantitative estimate of drug-likeness (QED) is 0.670. The Balaban J connectivity index is 1.63. The van der Waals surface area contributed by atoms with Crippen LogP contribution < -0.4 is 9.47 Å². The Hall–Kier alpha value is -2.61. The largest absolute Gasteiger partial charge is 0.493 e. The lowest BCUT2D eigenvalue weighted by molar-refractivity contribution is -0.142. The Morgan fingerprint density at radius 2 is 1.96 bits per heavy atom. The zero-order valence-corrected chi connectivity index (χ0v) is 16.4. The SMILES string of the molecule is COC(=O)CC1c2cc(OC)c(OC)cc2CCN1Cc1nc(C2CC2)no1. The van der Waals surface area contributed by atoms with E-state index in [2.05, 4.69) is 15.0 Å². The van der Waals surface area contributed by atoms with Crippen molar-refractivity contribution in [1.29, 1.82) is 0 Å². The van der Waals surface area contributed by atoms with Crippen molar-refractivity contribution in [2.24, 2.45) is 0 Å². The molecular weight excluding hydrogens is 362 g/mol. The van der Waals surface area contributed by atoms with Gasteiger partial charge in [0.1, 0.15) is 0 Å². The summed E-state index contributed by atoms with van der Waals surface area (Å²) in [5.41, 5.74) is 2.18. The summed E-state index contributed by atoms with van der Waals surface area (Å²) in [5, 5.41) is 4.10. The third kappa shape index (κ3) is 3.69. The highest BCUT2D eigenvalue weighted by Crippen LogP contribution is 2.41. The molecule has 1 aromatic heterocycles. The zero-order valence-electron chi connectivity index (χ0n) is 16.4. The summed E-state index contributed by atoms with van der Waals surface area (Å²) < 4.78 is 21.3. The molecular formula is C20H25N3O5. The smallest absolute Gasteiger partial charge is 0.307 e. The fourth-order valence-corrected chi connectivity index (χ4v) is 3.76. The summed E-state index contributed by atoms with van der Waals surface area (Å²) in [5.74, 6) is 2.90. The van der Waals surface area contributed by atoms with Gasteiger partial charge < -0.3 is 18.7 Å². The predicted molar refractivity (Wildman–Crippen MR) is 99.3 cm³/mol. The van der Waals surface area contributed by atoms with Crippen molar-refractivity contribution >= 4 is 5.97 Å². The van der Waals surface area contributed by atoms with E-state index < -0.39 is 0 Å². The summed E-state index contributed by atoms with van der Waals surface area (Å²) in [7, 11) is 4.64. The van der Waals surface area contributed by atoms with E-state index in [9.17, 15) is 4.79 Å². The molecule has 1 aromatic carbocycles. The number of fused-ring (bicyclic) bond motifs is 1. The number of carbonyl (C=O) groups is 1. The summed E-state index contributed by atoms with van der Waals surface area (Å²) in [6, 6.07) is 3.79. The fraction of sp³-hybridized carbons (Fsp3) is 0.550. The second kappa shape index (κ2) is 7.79. The summed E-state index contributed by atoms with van der Waals surface area (Å²) in [4.78, 5) is 18.8. The molecule has 0 bridgehead atoms. The van der Waals surface area contributed by atoms with Crippen molar-refractivity contribution in [3.05, 3.63) is 35.0 Å². The molecule has 8 heteroatoms. The van der Waals surface area contributed by atoms with Gasteiger partial charge >= 0.3 is 5.97 Å². The first-order chi connectivity index (χ1) is 13.6. The topological polar surface area (TPSA) is 86.9 Å². The number of aromatic nitrogens is 2. The van der Waals surface area contributed by atoms with Gasteiger partial charge in [0.25, 0.3) is 0 Å². The Kier molecular flexibility index (Phi) is 5.21. The summed E-state index contributed by atoms with van der Waals surface area (Å²) in [6.07, 6.45) is 3.32. The molecule has 4 rings (SSSR count). The second-order valence-corrected chi connectivity index (χ2v) is 7.24. The molecule has 2 aromatic rings. The average molecular weight is 387 g/mol. The molecule has 8 nitrogen and oxygen atoms in total. The molecule has 1 atom stereocenters. The Morgan fingerprint density at radius 3 is 2.64 bits per heavy atom. The van der Waals surface area contributed by atoms with Crippen molar-refractivity contribution in [3.8, 4) is 11.5 Å². The Bertz CT molecular complexity index is 862. The maximum absolute atomic E-state index is 12.1. The maximum atomic E-state index is 12.1. The lowest BCUT2D eigenvalue weighted by Gasteiger charge is -2.36. The Labute approximate surface area is 163 Å². The van der Waals surface area contributed by atoms with Crippen LogP contribution in [-0.4, -0.2) is 48.9 Å². The highest BCUT2D eigenvalue weighted by Gasteiger charge is 2.33. The van der Waals surface area contributed by atoms with Gasteiger partial charge in [0.2, 0.25) is 5.89 Å². The van der Waals surface area contributed by atoms with E-state index in [-0.39, 0.29) is 18.4 Å². The predicted octanol–water partition coefficient (Wildman–Crippen LogP) is 2.63. The molecule has 1 fully saturated rings. The number of carbonyl (C=O) groups excluding carboxylic acids is 1. The third-order valence-corrected chi connectivity index (χ3v) is 5.47. The standard InChI is InChI=1S/C20H25N3O5/c1-25-16-8-13-6-7-23(11-18-21-20(22-28-18)12-4-5-12)15(10-19(24)27-3)14(13)9-17(16)26-2/h8-9,12,15H,4-7,10-11H2,1-3H3. The monoisotopic (exact) mass is 387 g/mol. The van der Waals surface area contributed by atoms with Crippen LogP contribution in [0.15, 0.2) is 16.7 Å². The molecule has 1 aliphatic carbocycles. The molecule has 0 amide bonds. The molecule has 0 spiro atoms. The van der Waals surface area contributed by atoms with Crippen LogP contribution in [0.2, 0.25) is 0 Å². The zero-order chi connectivity index (χ0) is 19.7. The van der Waals surface area contributed by atoms with E-state index in [1.54, 1.807) is 14.2 Å². The van der Waals surface area contributed by atoms with E-state index >= 15 is 0 Å².